The Morgan fingerprint density at radius 2 is 1.82 bits per heavy atom. The molecular weight excluding hydrogens is 463 g/mol. The molecule has 0 spiro atoms. The van der Waals surface area contributed by atoms with Gasteiger partial charge in [0.1, 0.15) is 0 Å². The number of benzene rings is 1. The lowest BCUT2D eigenvalue weighted by Crippen LogP contribution is -2.42. The lowest BCUT2D eigenvalue weighted by atomic mass is 10.1. The van der Waals surface area contributed by atoms with E-state index in [1.165, 1.54) is 4.31 Å². The fourth-order valence-corrected chi connectivity index (χ4v) is 4.07. The molecule has 0 amide bonds. The van der Waals surface area contributed by atoms with Crippen LogP contribution < -0.4 is 20.3 Å². The number of nitrogens with zero attached hydrogens (tertiary/aromatic N) is 5. The number of sulfonamides is 1. The van der Waals surface area contributed by atoms with Gasteiger partial charge in [-0.25, -0.2) is 12.7 Å². The standard InChI is InChI=1S/C19H26F3N7O3S/c1-28(2)15-6-4-5-14(11-15)24-17-25-16(26-18(27-17)32-12-19(20,21)22)23-13-7-9-29(10-8-13)33(3,30)31/h4-6,11,13H,7-10,12H2,1-3H3,(H2,23,24,25,26,27). The van der Waals surface area contributed by atoms with Crippen LogP contribution >= 0.6 is 0 Å². The molecule has 2 N–H and O–H groups in total. The van der Waals surface area contributed by atoms with Crippen molar-refractivity contribution in [3.05, 3.63) is 24.3 Å². The Labute approximate surface area is 190 Å². The van der Waals surface area contributed by atoms with Crippen LogP contribution in [-0.2, 0) is 10.0 Å². The van der Waals surface area contributed by atoms with Gasteiger partial charge in [-0.1, -0.05) is 6.07 Å². The van der Waals surface area contributed by atoms with Crippen molar-refractivity contribution in [2.45, 2.75) is 25.1 Å². The summed E-state index contributed by atoms with van der Waals surface area (Å²) in [5, 5.41) is 6.02. The molecule has 33 heavy (non-hydrogen) atoms. The van der Waals surface area contributed by atoms with Gasteiger partial charge in [0.2, 0.25) is 21.9 Å². The second-order valence-electron chi connectivity index (χ2n) is 7.82. The summed E-state index contributed by atoms with van der Waals surface area (Å²) in [4.78, 5) is 14.1. The number of hydrogen-bond donors (Lipinski definition) is 2. The molecule has 0 atom stereocenters. The molecule has 2 heterocycles. The number of anilines is 4. The Morgan fingerprint density at radius 3 is 2.42 bits per heavy atom. The fraction of sp³-hybridized carbons (Fsp3) is 0.526. The van der Waals surface area contributed by atoms with E-state index < -0.39 is 28.8 Å². The maximum absolute atomic E-state index is 12.6. The molecule has 2 aromatic rings. The monoisotopic (exact) mass is 489 g/mol. The molecule has 10 nitrogen and oxygen atoms in total. The molecule has 1 aliphatic heterocycles. The second kappa shape index (κ2) is 9.95. The van der Waals surface area contributed by atoms with Crippen molar-refractivity contribution >= 4 is 33.3 Å². The maximum atomic E-state index is 12.6. The summed E-state index contributed by atoms with van der Waals surface area (Å²) in [6.07, 6.45) is -2.41. The molecule has 1 aliphatic rings. The summed E-state index contributed by atoms with van der Waals surface area (Å²) in [6.45, 7) is -0.901. The molecule has 1 aromatic heterocycles. The number of halogens is 3. The Bertz CT molecular complexity index is 1060. The van der Waals surface area contributed by atoms with Gasteiger partial charge in [0.15, 0.2) is 6.61 Å². The third-order valence-electron chi connectivity index (χ3n) is 4.85. The van der Waals surface area contributed by atoms with Crippen molar-refractivity contribution in [1.82, 2.24) is 19.3 Å². The van der Waals surface area contributed by atoms with Crippen LogP contribution in [-0.4, -0.2) is 79.9 Å². The third kappa shape index (κ3) is 7.60. The molecule has 1 saturated heterocycles. The first kappa shape index (κ1) is 24.8. The van der Waals surface area contributed by atoms with Crippen LogP contribution in [0.2, 0.25) is 0 Å². The SMILES string of the molecule is CN(C)c1cccc(Nc2nc(NC3CCN(S(C)(=O)=O)CC3)nc(OCC(F)(F)F)n2)c1. The lowest BCUT2D eigenvalue weighted by Gasteiger charge is -2.30. The largest absolute Gasteiger partial charge is 0.454 e. The topological polar surface area (TPSA) is 113 Å². The molecule has 1 fully saturated rings. The van der Waals surface area contributed by atoms with E-state index in [0.29, 0.717) is 31.6 Å². The number of alkyl halides is 3. The number of ether oxygens (including phenoxy) is 1. The molecule has 1 aromatic carbocycles. The normalized spacial score (nSPS) is 15.8. The second-order valence-corrected chi connectivity index (χ2v) is 9.80. The summed E-state index contributed by atoms with van der Waals surface area (Å²) < 4.78 is 67.4. The summed E-state index contributed by atoms with van der Waals surface area (Å²) in [6, 6.07) is 6.66. The van der Waals surface area contributed by atoms with Crippen LogP contribution in [0.5, 0.6) is 6.01 Å². The summed E-state index contributed by atoms with van der Waals surface area (Å²) in [5.41, 5.74) is 1.53. The van der Waals surface area contributed by atoms with Gasteiger partial charge in [0, 0.05) is 44.6 Å². The zero-order valence-corrected chi connectivity index (χ0v) is 19.2. The number of piperidine rings is 1. The first-order valence-electron chi connectivity index (χ1n) is 10.1. The molecule has 182 valence electrons. The molecule has 0 saturated carbocycles. The molecular formula is C19H26F3N7O3S. The van der Waals surface area contributed by atoms with Crippen molar-refractivity contribution in [1.29, 1.82) is 0 Å². The highest BCUT2D eigenvalue weighted by Crippen LogP contribution is 2.24. The van der Waals surface area contributed by atoms with E-state index in [1.54, 1.807) is 6.07 Å². The number of rotatable bonds is 8. The highest BCUT2D eigenvalue weighted by molar-refractivity contribution is 7.88. The lowest BCUT2D eigenvalue weighted by molar-refractivity contribution is -0.154. The Kier molecular flexibility index (Phi) is 7.47. The highest BCUT2D eigenvalue weighted by Gasteiger charge is 2.30. The first-order chi connectivity index (χ1) is 15.4. The van der Waals surface area contributed by atoms with Crippen LogP contribution in [0, 0.1) is 0 Å². The minimum Gasteiger partial charge on any atom is -0.454 e. The van der Waals surface area contributed by atoms with Gasteiger partial charge in [0.05, 0.1) is 6.26 Å². The summed E-state index contributed by atoms with van der Waals surface area (Å²) in [7, 11) is 0.477. The number of hydrogen-bond acceptors (Lipinski definition) is 9. The van der Waals surface area contributed by atoms with Gasteiger partial charge in [0.25, 0.3) is 0 Å². The van der Waals surface area contributed by atoms with Crippen molar-refractivity contribution in [2.24, 2.45) is 0 Å². The van der Waals surface area contributed by atoms with E-state index in [1.807, 2.05) is 37.2 Å². The molecule has 0 bridgehead atoms. The third-order valence-corrected chi connectivity index (χ3v) is 6.16. The summed E-state index contributed by atoms with van der Waals surface area (Å²) in [5.74, 6) is 0.0420. The smallest absolute Gasteiger partial charge is 0.422 e. The minimum absolute atomic E-state index is 0.00847. The van der Waals surface area contributed by atoms with Gasteiger partial charge in [-0.15, -0.1) is 0 Å². The maximum Gasteiger partial charge on any atom is 0.422 e. The van der Waals surface area contributed by atoms with E-state index in [2.05, 4.69) is 25.6 Å². The Balaban J connectivity index is 1.78. The minimum atomic E-state index is -4.55. The van der Waals surface area contributed by atoms with E-state index in [0.717, 1.165) is 11.9 Å². The van der Waals surface area contributed by atoms with Crippen LogP contribution in [0.1, 0.15) is 12.8 Å². The van der Waals surface area contributed by atoms with Crippen LogP contribution in [0.25, 0.3) is 0 Å². The highest BCUT2D eigenvalue weighted by atomic mass is 32.2. The average molecular weight is 490 g/mol. The van der Waals surface area contributed by atoms with Crippen LogP contribution in [0.3, 0.4) is 0 Å². The molecule has 0 unspecified atom stereocenters. The van der Waals surface area contributed by atoms with E-state index >= 15 is 0 Å². The van der Waals surface area contributed by atoms with Crippen molar-refractivity contribution in [3.8, 4) is 6.01 Å². The molecule has 3 rings (SSSR count). The van der Waals surface area contributed by atoms with Gasteiger partial charge in [-0.2, -0.15) is 28.1 Å². The van der Waals surface area contributed by atoms with E-state index in [9.17, 15) is 21.6 Å². The van der Waals surface area contributed by atoms with Gasteiger partial charge < -0.3 is 20.3 Å². The van der Waals surface area contributed by atoms with Gasteiger partial charge in [-0.3, -0.25) is 0 Å². The van der Waals surface area contributed by atoms with Gasteiger partial charge in [-0.05, 0) is 31.0 Å². The van der Waals surface area contributed by atoms with Crippen LogP contribution in [0.4, 0.5) is 36.4 Å². The number of aromatic nitrogens is 3. The molecule has 0 radical (unpaired) electrons. The van der Waals surface area contributed by atoms with E-state index in [4.69, 9.17) is 4.74 Å². The predicted octanol–water partition coefficient (Wildman–Crippen LogP) is 2.46. The average Bonchev–Trinajstić information content (AvgIpc) is 2.71. The van der Waals surface area contributed by atoms with Crippen LogP contribution in [0.15, 0.2) is 24.3 Å². The quantitative estimate of drug-likeness (QED) is 0.577. The Morgan fingerprint density at radius 1 is 1.15 bits per heavy atom. The van der Waals surface area contributed by atoms with Crippen molar-refractivity contribution in [3.63, 3.8) is 0 Å². The molecule has 0 aliphatic carbocycles. The van der Waals surface area contributed by atoms with Gasteiger partial charge >= 0.3 is 12.2 Å². The number of nitrogens with one attached hydrogen (secondary N) is 2. The van der Waals surface area contributed by atoms with E-state index in [-0.39, 0.29) is 17.9 Å². The first-order valence-corrected chi connectivity index (χ1v) is 12.0. The van der Waals surface area contributed by atoms with Crippen molar-refractivity contribution in [2.75, 3.05) is 55.6 Å². The fourth-order valence-electron chi connectivity index (χ4n) is 3.19. The molecule has 14 heteroatoms. The summed E-state index contributed by atoms with van der Waals surface area (Å²) >= 11 is 0. The predicted molar refractivity (Wildman–Crippen MR) is 118 cm³/mol. The Hall–Kier alpha value is -2.87. The zero-order valence-electron chi connectivity index (χ0n) is 18.4. The zero-order chi connectivity index (χ0) is 24.2. The van der Waals surface area contributed by atoms with Crippen molar-refractivity contribution < 1.29 is 26.3 Å².